The van der Waals surface area contributed by atoms with Crippen LogP contribution in [0.1, 0.15) is 0 Å². The quantitative estimate of drug-likeness (QED) is 0.531. The fraction of sp³-hybridized carbons (Fsp3) is 1.00. The molecule has 0 saturated heterocycles. The number of rotatable bonds is 2. The van der Waals surface area contributed by atoms with E-state index in [9.17, 15) is 26.3 Å². The molecule has 0 amide bonds. The van der Waals surface area contributed by atoms with Crippen LogP contribution in [0.4, 0.5) is 26.3 Å². The van der Waals surface area contributed by atoms with Crippen LogP contribution in [0.15, 0.2) is 0 Å². The lowest BCUT2D eigenvalue weighted by molar-refractivity contribution is -0.325. The van der Waals surface area contributed by atoms with Gasteiger partial charge in [0.1, 0.15) is 0 Å². The van der Waals surface area contributed by atoms with Gasteiger partial charge in [-0.3, -0.25) is 9.31 Å². The SMILES string of the molecule is OB(OC(F)(F)F)OC(F)(F)F. The van der Waals surface area contributed by atoms with Crippen LogP contribution in [-0.4, -0.2) is 25.1 Å². The number of hydrogen-bond acceptors (Lipinski definition) is 3. The zero-order valence-corrected chi connectivity index (χ0v) is 5.11. The van der Waals surface area contributed by atoms with Crippen LogP contribution in [0.5, 0.6) is 0 Å². The van der Waals surface area contributed by atoms with E-state index < -0.39 is 20.0 Å². The van der Waals surface area contributed by atoms with Gasteiger partial charge in [-0.1, -0.05) is 0 Å². The second kappa shape index (κ2) is 3.50. The molecule has 0 aliphatic heterocycles. The number of alkyl halides is 6. The predicted octanol–water partition coefficient (Wildman–Crippen LogP) is 1.04. The van der Waals surface area contributed by atoms with Gasteiger partial charge in [-0.25, -0.2) is 0 Å². The second-order valence-electron chi connectivity index (χ2n) is 1.43. The van der Waals surface area contributed by atoms with Crippen LogP contribution in [0.2, 0.25) is 0 Å². The van der Waals surface area contributed by atoms with Gasteiger partial charge in [-0.15, -0.1) is 26.3 Å². The molecule has 0 aliphatic carbocycles. The first-order chi connectivity index (χ1) is 5.10. The van der Waals surface area contributed by atoms with Gasteiger partial charge in [0.05, 0.1) is 0 Å². The maximum absolute atomic E-state index is 11.1. The summed E-state index contributed by atoms with van der Waals surface area (Å²) >= 11 is 0. The standard InChI is InChI=1S/C2HBF6O3/c4-1(5,6)11-3(10)12-2(7,8)9/h10H. The van der Waals surface area contributed by atoms with E-state index in [1.54, 1.807) is 0 Å². The molecule has 0 aromatic heterocycles. The van der Waals surface area contributed by atoms with Crippen molar-refractivity contribution in [2.75, 3.05) is 0 Å². The summed E-state index contributed by atoms with van der Waals surface area (Å²) in [6.45, 7) is 0. The topological polar surface area (TPSA) is 38.7 Å². The summed E-state index contributed by atoms with van der Waals surface area (Å²) in [4.78, 5) is 0. The Bertz CT molecular complexity index is 125. The summed E-state index contributed by atoms with van der Waals surface area (Å²) in [6.07, 6.45) is -10.8. The Kier molecular flexibility index (Phi) is 3.36. The monoisotopic (exact) mass is 198 g/mol. The normalized spacial score (nSPS) is 13.2. The first kappa shape index (κ1) is 11.5. The van der Waals surface area contributed by atoms with Gasteiger partial charge in [0.2, 0.25) is 0 Å². The van der Waals surface area contributed by atoms with Gasteiger partial charge in [-0.05, 0) is 0 Å². The van der Waals surface area contributed by atoms with E-state index in [1.807, 2.05) is 0 Å². The van der Waals surface area contributed by atoms with Gasteiger partial charge < -0.3 is 5.02 Å². The molecule has 0 spiro atoms. The molecule has 0 rings (SSSR count). The molecule has 3 nitrogen and oxygen atoms in total. The molecule has 0 unspecified atom stereocenters. The smallest absolute Gasteiger partial charge is 0.401 e. The third-order valence-electron chi connectivity index (χ3n) is 0.469. The third-order valence-corrected chi connectivity index (χ3v) is 0.469. The lowest BCUT2D eigenvalue weighted by atomic mass is 10.2. The second-order valence-corrected chi connectivity index (χ2v) is 1.43. The van der Waals surface area contributed by atoms with Crippen LogP contribution in [0, 0.1) is 0 Å². The average molecular weight is 198 g/mol. The van der Waals surface area contributed by atoms with Crippen molar-refractivity contribution < 1.29 is 40.7 Å². The Balaban J connectivity index is 3.83. The fourth-order valence-corrected chi connectivity index (χ4v) is 0.253. The molecule has 0 atom stereocenters. The molecule has 0 bridgehead atoms. The Morgan fingerprint density at radius 2 is 1.08 bits per heavy atom. The first-order valence-electron chi connectivity index (χ1n) is 2.27. The van der Waals surface area contributed by atoms with Crippen LogP contribution < -0.4 is 0 Å². The minimum atomic E-state index is -5.38. The van der Waals surface area contributed by atoms with Gasteiger partial charge in [-0.2, -0.15) is 0 Å². The van der Waals surface area contributed by atoms with Gasteiger partial charge in [0.15, 0.2) is 0 Å². The van der Waals surface area contributed by atoms with E-state index in [2.05, 4.69) is 9.31 Å². The zero-order valence-electron chi connectivity index (χ0n) is 5.11. The van der Waals surface area contributed by atoms with Gasteiger partial charge in [0.25, 0.3) is 0 Å². The highest BCUT2D eigenvalue weighted by Crippen LogP contribution is 2.22. The largest absolute Gasteiger partial charge is 0.649 e. The van der Waals surface area contributed by atoms with E-state index in [0.717, 1.165) is 0 Å². The lowest BCUT2D eigenvalue weighted by Crippen LogP contribution is -2.35. The van der Waals surface area contributed by atoms with E-state index in [-0.39, 0.29) is 0 Å². The molecule has 0 saturated carbocycles. The van der Waals surface area contributed by atoms with E-state index in [1.165, 1.54) is 0 Å². The highest BCUT2D eigenvalue weighted by atomic mass is 19.4. The minimum Gasteiger partial charge on any atom is -0.401 e. The summed E-state index contributed by atoms with van der Waals surface area (Å²) in [6, 6.07) is 0. The molecule has 10 heteroatoms. The van der Waals surface area contributed by atoms with E-state index in [0.29, 0.717) is 0 Å². The highest BCUT2D eigenvalue weighted by molar-refractivity contribution is 6.34. The Morgan fingerprint density at radius 1 is 0.833 bits per heavy atom. The van der Waals surface area contributed by atoms with Crippen LogP contribution in [-0.2, 0) is 9.31 Å². The maximum Gasteiger partial charge on any atom is 0.649 e. The molecule has 0 aromatic rings. The summed E-state index contributed by atoms with van der Waals surface area (Å²) in [7, 11) is -3.40. The van der Waals surface area contributed by atoms with Gasteiger partial charge >= 0.3 is 20.0 Å². The molecule has 1 N–H and O–H groups in total. The molecule has 0 radical (unpaired) electrons. The molecule has 0 heterocycles. The van der Waals surface area contributed by atoms with E-state index in [4.69, 9.17) is 5.02 Å². The zero-order chi connectivity index (χ0) is 9.99. The number of halogens is 6. The predicted molar refractivity (Wildman–Crippen MR) is 22.3 cm³/mol. The molecular weight excluding hydrogens is 197 g/mol. The van der Waals surface area contributed by atoms with Crippen molar-refractivity contribution in [3.63, 3.8) is 0 Å². The summed E-state index contributed by atoms with van der Waals surface area (Å²) in [5.74, 6) is 0. The maximum atomic E-state index is 11.1. The first-order valence-corrected chi connectivity index (χ1v) is 2.27. The number of hydrogen-bond donors (Lipinski definition) is 1. The third kappa shape index (κ3) is 7.63. The molecular formula is C2HBF6O3. The van der Waals surface area contributed by atoms with Crippen molar-refractivity contribution in [1.82, 2.24) is 0 Å². The average Bonchev–Trinajstić information content (AvgIpc) is 1.49. The Morgan fingerprint density at radius 3 is 1.25 bits per heavy atom. The summed E-state index contributed by atoms with van der Waals surface area (Å²) < 4.78 is 71.2. The Hall–Kier alpha value is -0.475. The van der Waals surface area contributed by atoms with Gasteiger partial charge in [0, 0.05) is 0 Å². The van der Waals surface area contributed by atoms with Crippen molar-refractivity contribution in [2.24, 2.45) is 0 Å². The minimum absolute atomic E-state index is 2.43. The van der Waals surface area contributed by atoms with Crippen molar-refractivity contribution in [1.29, 1.82) is 0 Å². The highest BCUT2D eigenvalue weighted by Gasteiger charge is 2.44. The van der Waals surface area contributed by atoms with E-state index >= 15 is 0 Å². The molecule has 0 aliphatic rings. The van der Waals surface area contributed by atoms with Crippen molar-refractivity contribution in [3.8, 4) is 0 Å². The summed E-state index contributed by atoms with van der Waals surface area (Å²) in [5.41, 5.74) is 0. The fourth-order valence-electron chi connectivity index (χ4n) is 0.253. The lowest BCUT2D eigenvalue weighted by Gasteiger charge is -2.11. The van der Waals surface area contributed by atoms with Crippen molar-refractivity contribution in [3.05, 3.63) is 0 Å². The van der Waals surface area contributed by atoms with Crippen LogP contribution >= 0.6 is 0 Å². The molecule has 12 heavy (non-hydrogen) atoms. The van der Waals surface area contributed by atoms with Crippen LogP contribution in [0.3, 0.4) is 0 Å². The van der Waals surface area contributed by atoms with Crippen LogP contribution in [0.25, 0.3) is 0 Å². The summed E-state index contributed by atoms with van der Waals surface area (Å²) in [5, 5.41) is 7.84. The van der Waals surface area contributed by atoms with Crippen molar-refractivity contribution >= 4 is 7.32 Å². The molecule has 0 aromatic carbocycles. The van der Waals surface area contributed by atoms with Crippen molar-refractivity contribution in [2.45, 2.75) is 12.7 Å². The Labute approximate surface area is 62.0 Å². The molecule has 0 fully saturated rings. The molecule has 72 valence electrons.